The molecular weight excluding hydrogens is 350 g/mol. The van der Waals surface area contributed by atoms with E-state index in [1.54, 1.807) is 19.1 Å². The lowest BCUT2D eigenvalue weighted by molar-refractivity contribution is -0.384. The van der Waals surface area contributed by atoms with Crippen molar-refractivity contribution in [1.29, 1.82) is 0 Å². The third-order valence-electron chi connectivity index (χ3n) is 4.35. The Balaban J connectivity index is 1.98. The molecule has 0 radical (unpaired) electrons. The number of nitrogens with zero attached hydrogens (tertiary/aromatic N) is 1. The average Bonchev–Trinajstić information content (AvgIpc) is 2.66. The number of nitro benzene ring substituents is 1. The van der Waals surface area contributed by atoms with Gasteiger partial charge in [0.1, 0.15) is 11.6 Å². The molecule has 2 atom stereocenters. The van der Waals surface area contributed by atoms with E-state index in [9.17, 15) is 18.9 Å². The summed E-state index contributed by atoms with van der Waals surface area (Å²) >= 11 is 0. The number of nitro groups is 1. The minimum absolute atomic E-state index is 0.0142. The van der Waals surface area contributed by atoms with Gasteiger partial charge in [0.05, 0.1) is 11.0 Å². The van der Waals surface area contributed by atoms with Gasteiger partial charge in [0.25, 0.3) is 5.69 Å². The Bertz CT molecular complexity index is 928. The maximum absolute atomic E-state index is 13.6. The van der Waals surface area contributed by atoms with Crippen molar-refractivity contribution in [3.63, 3.8) is 0 Å². The monoisotopic (exact) mass is 368 g/mol. The Morgan fingerprint density at radius 2 is 1.48 bits per heavy atom. The van der Waals surface area contributed by atoms with Crippen LogP contribution in [0, 0.1) is 21.7 Å². The van der Waals surface area contributed by atoms with Crippen LogP contribution in [0.1, 0.15) is 35.7 Å². The molecule has 1 N–H and O–H groups in total. The first-order chi connectivity index (χ1) is 12.9. The van der Waals surface area contributed by atoms with E-state index in [4.69, 9.17) is 0 Å². The smallest absolute Gasteiger partial charge is 0.269 e. The number of benzene rings is 3. The summed E-state index contributed by atoms with van der Waals surface area (Å²) in [5.74, 6) is -1.30. The molecule has 27 heavy (non-hydrogen) atoms. The molecule has 0 spiro atoms. The Hall–Kier alpha value is -3.12. The lowest BCUT2D eigenvalue weighted by Crippen LogP contribution is -2.26. The van der Waals surface area contributed by atoms with Crippen molar-refractivity contribution in [2.24, 2.45) is 0 Å². The second-order valence-electron chi connectivity index (χ2n) is 6.29. The summed E-state index contributed by atoms with van der Waals surface area (Å²) in [6.45, 7) is 1.79. The quantitative estimate of drug-likeness (QED) is 0.474. The number of rotatable bonds is 6. The normalized spacial score (nSPS) is 13.1. The number of nitrogens with one attached hydrogen (secondary N) is 1. The first-order valence-electron chi connectivity index (χ1n) is 8.45. The van der Waals surface area contributed by atoms with Gasteiger partial charge in [0.15, 0.2) is 0 Å². The Labute approximate surface area is 155 Å². The maximum atomic E-state index is 13.6. The van der Waals surface area contributed by atoms with Gasteiger partial charge in [0, 0.05) is 24.2 Å². The molecule has 6 heteroatoms. The lowest BCUT2D eigenvalue weighted by atomic mass is 9.96. The fraction of sp³-hybridized carbons (Fsp3) is 0.143. The number of hydrogen-bond acceptors (Lipinski definition) is 3. The molecule has 3 rings (SSSR count). The molecule has 3 aromatic rings. The fourth-order valence-electron chi connectivity index (χ4n) is 3.02. The summed E-state index contributed by atoms with van der Waals surface area (Å²) in [4.78, 5) is 10.7. The zero-order valence-electron chi connectivity index (χ0n) is 14.6. The molecule has 0 fully saturated rings. The van der Waals surface area contributed by atoms with Gasteiger partial charge in [-0.1, -0.05) is 42.5 Å². The zero-order chi connectivity index (χ0) is 19.4. The molecule has 138 valence electrons. The van der Waals surface area contributed by atoms with E-state index in [0.717, 1.165) is 11.6 Å². The fourth-order valence-corrected chi connectivity index (χ4v) is 3.02. The molecule has 3 aromatic carbocycles. The lowest BCUT2D eigenvalue weighted by Gasteiger charge is -2.25. The van der Waals surface area contributed by atoms with Gasteiger partial charge in [-0.05, 0) is 35.7 Å². The van der Waals surface area contributed by atoms with E-state index in [1.807, 2.05) is 30.3 Å². The molecule has 0 saturated heterocycles. The third-order valence-corrected chi connectivity index (χ3v) is 4.35. The van der Waals surface area contributed by atoms with Gasteiger partial charge in [-0.2, -0.15) is 0 Å². The second-order valence-corrected chi connectivity index (χ2v) is 6.29. The predicted molar refractivity (Wildman–Crippen MR) is 99.3 cm³/mol. The molecule has 0 amide bonds. The predicted octanol–water partition coefficient (Wildman–Crippen LogP) is 5.31. The van der Waals surface area contributed by atoms with Crippen LogP contribution < -0.4 is 5.32 Å². The molecule has 4 nitrogen and oxygen atoms in total. The first-order valence-corrected chi connectivity index (χ1v) is 8.45. The molecule has 0 aromatic heterocycles. The molecular formula is C21H18F2N2O2. The second kappa shape index (κ2) is 8.05. The van der Waals surface area contributed by atoms with E-state index in [1.165, 1.54) is 24.3 Å². The SMILES string of the molecule is CC(NC(c1ccccc1)c1cccc([N+](=O)[O-])c1)c1cc(F)cc(F)c1. The molecule has 0 aliphatic rings. The highest BCUT2D eigenvalue weighted by atomic mass is 19.1. The highest BCUT2D eigenvalue weighted by Crippen LogP contribution is 2.28. The Morgan fingerprint density at radius 1 is 0.852 bits per heavy atom. The molecule has 0 aliphatic carbocycles. The molecule has 2 unspecified atom stereocenters. The Kier molecular flexibility index (Phi) is 5.57. The van der Waals surface area contributed by atoms with Crippen molar-refractivity contribution in [1.82, 2.24) is 5.32 Å². The van der Waals surface area contributed by atoms with Crippen LogP contribution in [-0.2, 0) is 0 Å². The zero-order valence-corrected chi connectivity index (χ0v) is 14.6. The largest absolute Gasteiger partial charge is 0.300 e. The number of hydrogen-bond donors (Lipinski definition) is 1. The van der Waals surface area contributed by atoms with Crippen molar-refractivity contribution in [3.8, 4) is 0 Å². The van der Waals surface area contributed by atoms with Gasteiger partial charge >= 0.3 is 0 Å². The summed E-state index contributed by atoms with van der Waals surface area (Å²) in [6.07, 6.45) is 0. The van der Waals surface area contributed by atoms with E-state index < -0.39 is 16.6 Å². The van der Waals surface area contributed by atoms with Gasteiger partial charge in [0.2, 0.25) is 0 Å². The van der Waals surface area contributed by atoms with Crippen molar-refractivity contribution in [2.45, 2.75) is 19.0 Å². The summed E-state index contributed by atoms with van der Waals surface area (Å²) in [5.41, 5.74) is 2.03. The summed E-state index contributed by atoms with van der Waals surface area (Å²) in [6, 6.07) is 18.4. The number of non-ortho nitro benzene ring substituents is 1. The highest BCUT2D eigenvalue weighted by molar-refractivity contribution is 5.40. The van der Waals surface area contributed by atoms with Crippen molar-refractivity contribution in [3.05, 3.63) is 111 Å². The van der Waals surface area contributed by atoms with E-state index in [2.05, 4.69) is 5.32 Å². The van der Waals surface area contributed by atoms with Crippen LogP contribution in [0.4, 0.5) is 14.5 Å². The summed E-state index contributed by atoms with van der Waals surface area (Å²) in [5, 5.41) is 14.5. The van der Waals surface area contributed by atoms with E-state index in [-0.39, 0.29) is 17.8 Å². The topological polar surface area (TPSA) is 55.2 Å². The molecule has 0 heterocycles. The van der Waals surface area contributed by atoms with Crippen molar-refractivity contribution >= 4 is 5.69 Å². The van der Waals surface area contributed by atoms with Crippen molar-refractivity contribution in [2.75, 3.05) is 0 Å². The van der Waals surface area contributed by atoms with Crippen LogP contribution in [0.5, 0.6) is 0 Å². The Morgan fingerprint density at radius 3 is 2.11 bits per heavy atom. The number of halogens is 2. The van der Waals surface area contributed by atoms with Crippen LogP contribution in [0.3, 0.4) is 0 Å². The maximum Gasteiger partial charge on any atom is 0.269 e. The standard InChI is InChI=1S/C21H18F2N2O2/c1-14(17-10-18(22)13-19(23)11-17)24-21(15-6-3-2-4-7-15)16-8-5-9-20(12-16)25(26)27/h2-14,21,24H,1H3. The van der Waals surface area contributed by atoms with Crippen LogP contribution >= 0.6 is 0 Å². The minimum atomic E-state index is -0.648. The van der Waals surface area contributed by atoms with Crippen LogP contribution in [-0.4, -0.2) is 4.92 Å². The van der Waals surface area contributed by atoms with Crippen LogP contribution in [0.15, 0.2) is 72.8 Å². The van der Waals surface area contributed by atoms with Gasteiger partial charge in [-0.25, -0.2) is 8.78 Å². The third kappa shape index (κ3) is 4.54. The van der Waals surface area contributed by atoms with Crippen LogP contribution in [0.25, 0.3) is 0 Å². The summed E-state index contributed by atoms with van der Waals surface area (Å²) in [7, 11) is 0. The molecule has 0 aliphatic heterocycles. The molecule has 0 bridgehead atoms. The van der Waals surface area contributed by atoms with E-state index >= 15 is 0 Å². The van der Waals surface area contributed by atoms with E-state index in [0.29, 0.717) is 11.1 Å². The minimum Gasteiger partial charge on any atom is -0.300 e. The highest BCUT2D eigenvalue weighted by Gasteiger charge is 2.20. The van der Waals surface area contributed by atoms with Crippen molar-refractivity contribution < 1.29 is 13.7 Å². The average molecular weight is 368 g/mol. The molecule has 0 saturated carbocycles. The van der Waals surface area contributed by atoms with Gasteiger partial charge in [-0.15, -0.1) is 0 Å². The van der Waals surface area contributed by atoms with Gasteiger partial charge < -0.3 is 0 Å². The summed E-state index contributed by atoms with van der Waals surface area (Å²) < 4.78 is 27.1. The van der Waals surface area contributed by atoms with Crippen LogP contribution in [0.2, 0.25) is 0 Å². The first kappa shape index (κ1) is 18.7. The van der Waals surface area contributed by atoms with Gasteiger partial charge in [-0.3, -0.25) is 15.4 Å².